The van der Waals surface area contributed by atoms with E-state index in [2.05, 4.69) is 45.1 Å². The number of carbonyl (C=O) groups is 3. The van der Waals surface area contributed by atoms with Crippen LogP contribution in [0.3, 0.4) is 0 Å². The summed E-state index contributed by atoms with van der Waals surface area (Å²) in [6, 6.07) is 0. The molecule has 3 N–H and O–H groups in total. The summed E-state index contributed by atoms with van der Waals surface area (Å²) in [6.45, 7) is 3.51. The van der Waals surface area contributed by atoms with Gasteiger partial charge in [0, 0.05) is 0 Å². The summed E-state index contributed by atoms with van der Waals surface area (Å²) in [5, 5.41) is 6.60. The number of nitrogens with zero attached hydrogens (tertiary/aromatic N) is 3. The molecule has 1 aromatic heterocycles. The van der Waals surface area contributed by atoms with Crippen LogP contribution < -0.4 is 16.0 Å². The highest BCUT2D eigenvalue weighted by molar-refractivity contribution is 5.86. The molecule has 0 atom stereocenters. The second kappa shape index (κ2) is 8.96. The maximum atomic E-state index is 11.4. The lowest BCUT2D eigenvalue weighted by atomic mass is 10.7. The van der Waals surface area contributed by atoms with E-state index in [9.17, 15) is 14.4 Å². The van der Waals surface area contributed by atoms with Gasteiger partial charge in [-0.15, -0.1) is 0 Å². The third-order valence-electron chi connectivity index (χ3n) is 2.01. The van der Waals surface area contributed by atoms with Crippen molar-refractivity contribution in [2.24, 2.45) is 0 Å². The Balaban J connectivity index is 2.98. The number of rotatable bonds is 5. The molecule has 0 aliphatic carbocycles. The van der Waals surface area contributed by atoms with Crippen LogP contribution in [0.5, 0.6) is 0 Å². The van der Waals surface area contributed by atoms with Crippen LogP contribution in [0.2, 0.25) is 0 Å². The van der Waals surface area contributed by atoms with E-state index in [1.54, 1.807) is 13.8 Å². The van der Waals surface area contributed by atoms with Crippen molar-refractivity contribution < 1.29 is 28.6 Å². The first kappa shape index (κ1) is 17.9. The van der Waals surface area contributed by atoms with Gasteiger partial charge in [0.05, 0.1) is 20.3 Å². The molecule has 0 saturated heterocycles. The maximum absolute atomic E-state index is 11.4. The molecule has 0 radical (unpaired) electrons. The number of anilines is 3. The van der Waals surface area contributed by atoms with Gasteiger partial charge in [0.1, 0.15) is 0 Å². The van der Waals surface area contributed by atoms with Crippen LogP contribution in [0.4, 0.5) is 32.2 Å². The fourth-order valence-electron chi connectivity index (χ4n) is 1.20. The van der Waals surface area contributed by atoms with E-state index in [0.29, 0.717) is 0 Å². The SMILES string of the molecule is CCOC(=O)Nc1nc(NC(=O)OC)nc(NC(=O)OCC)n1. The van der Waals surface area contributed by atoms with Gasteiger partial charge in [-0.2, -0.15) is 15.0 Å². The fraction of sp³-hybridized carbons (Fsp3) is 0.455. The summed E-state index contributed by atoms with van der Waals surface area (Å²) in [6.07, 6.45) is -2.48. The topological polar surface area (TPSA) is 154 Å². The normalized spacial score (nSPS) is 9.52. The van der Waals surface area contributed by atoms with Gasteiger partial charge in [-0.1, -0.05) is 0 Å². The molecule has 126 valence electrons. The van der Waals surface area contributed by atoms with Gasteiger partial charge in [0.2, 0.25) is 17.8 Å². The van der Waals surface area contributed by atoms with Crippen molar-refractivity contribution in [1.82, 2.24) is 15.0 Å². The lowest BCUT2D eigenvalue weighted by Gasteiger charge is -2.09. The second-order valence-electron chi connectivity index (χ2n) is 3.61. The van der Waals surface area contributed by atoms with Crippen molar-refractivity contribution in [2.45, 2.75) is 13.8 Å². The quantitative estimate of drug-likeness (QED) is 0.676. The van der Waals surface area contributed by atoms with Gasteiger partial charge < -0.3 is 14.2 Å². The van der Waals surface area contributed by atoms with Crippen LogP contribution in [-0.4, -0.2) is 53.6 Å². The first-order valence-electron chi connectivity index (χ1n) is 6.47. The van der Waals surface area contributed by atoms with Crippen molar-refractivity contribution in [3.8, 4) is 0 Å². The number of hydrogen-bond donors (Lipinski definition) is 3. The summed E-state index contributed by atoms with van der Waals surface area (Å²) >= 11 is 0. The first-order chi connectivity index (χ1) is 11.0. The third-order valence-corrected chi connectivity index (χ3v) is 2.01. The van der Waals surface area contributed by atoms with E-state index in [1.807, 2.05) is 0 Å². The van der Waals surface area contributed by atoms with Gasteiger partial charge in [-0.3, -0.25) is 16.0 Å². The van der Waals surface area contributed by atoms with E-state index < -0.39 is 18.3 Å². The third kappa shape index (κ3) is 6.41. The van der Waals surface area contributed by atoms with Crippen LogP contribution in [0.15, 0.2) is 0 Å². The second-order valence-corrected chi connectivity index (χ2v) is 3.61. The van der Waals surface area contributed by atoms with Crippen LogP contribution in [0.1, 0.15) is 13.8 Å². The molecule has 1 aromatic rings. The smallest absolute Gasteiger partial charge is 0.414 e. The Kier molecular flexibility index (Phi) is 6.97. The van der Waals surface area contributed by atoms with Crippen molar-refractivity contribution in [1.29, 1.82) is 0 Å². The molecule has 1 rings (SSSR count). The van der Waals surface area contributed by atoms with Gasteiger partial charge >= 0.3 is 18.3 Å². The number of nitrogens with one attached hydrogen (secondary N) is 3. The molecular formula is C11H16N6O6. The molecule has 0 spiro atoms. The predicted octanol–water partition coefficient (Wildman–Crippen LogP) is 1.19. The van der Waals surface area contributed by atoms with E-state index in [0.717, 1.165) is 7.11 Å². The summed E-state index contributed by atoms with van der Waals surface area (Å²) in [7, 11) is 1.14. The van der Waals surface area contributed by atoms with Gasteiger partial charge in [-0.05, 0) is 13.8 Å². The highest BCUT2D eigenvalue weighted by Crippen LogP contribution is 2.10. The monoisotopic (exact) mass is 328 g/mol. The Bertz CT molecular complexity index is 542. The van der Waals surface area contributed by atoms with E-state index in [1.165, 1.54) is 0 Å². The molecule has 23 heavy (non-hydrogen) atoms. The standard InChI is InChI=1S/C11H16N6O6/c1-4-22-10(19)16-7-12-6(15-9(18)21-3)13-8(14-7)17-11(20)23-5-2/h4-5H2,1-3H3,(H3,12,13,14,15,16,17,18,19,20). The lowest BCUT2D eigenvalue weighted by molar-refractivity contribution is 0.167. The Morgan fingerprint density at radius 2 is 1.13 bits per heavy atom. The molecular weight excluding hydrogens is 312 g/mol. The molecule has 0 aromatic carbocycles. The fourth-order valence-corrected chi connectivity index (χ4v) is 1.20. The zero-order chi connectivity index (χ0) is 17.2. The highest BCUT2D eigenvalue weighted by Gasteiger charge is 2.14. The van der Waals surface area contributed by atoms with E-state index >= 15 is 0 Å². The van der Waals surface area contributed by atoms with Crippen LogP contribution in [0.25, 0.3) is 0 Å². The number of methoxy groups -OCH3 is 1. The molecule has 12 nitrogen and oxygen atoms in total. The summed E-state index contributed by atoms with van der Waals surface area (Å²) < 4.78 is 13.7. The van der Waals surface area contributed by atoms with E-state index in [-0.39, 0.29) is 31.1 Å². The number of aromatic nitrogens is 3. The molecule has 0 unspecified atom stereocenters. The maximum Gasteiger partial charge on any atom is 0.414 e. The number of amides is 3. The van der Waals surface area contributed by atoms with Crippen LogP contribution in [0, 0.1) is 0 Å². The minimum Gasteiger partial charge on any atom is -0.453 e. The zero-order valence-corrected chi connectivity index (χ0v) is 12.7. The van der Waals surface area contributed by atoms with Crippen molar-refractivity contribution in [3.63, 3.8) is 0 Å². The van der Waals surface area contributed by atoms with Crippen LogP contribution >= 0.6 is 0 Å². The Morgan fingerprint density at radius 3 is 1.43 bits per heavy atom. The van der Waals surface area contributed by atoms with Crippen molar-refractivity contribution >= 4 is 36.1 Å². The minimum absolute atomic E-state index is 0.137. The lowest BCUT2D eigenvalue weighted by Crippen LogP contribution is -2.21. The first-order valence-corrected chi connectivity index (χ1v) is 6.47. The predicted molar refractivity (Wildman–Crippen MR) is 77.1 cm³/mol. The molecule has 0 aliphatic rings. The molecule has 0 fully saturated rings. The molecule has 1 heterocycles. The largest absolute Gasteiger partial charge is 0.453 e. The Hall–Kier alpha value is -3.18. The summed E-state index contributed by atoms with van der Waals surface area (Å²) in [4.78, 5) is 45.2. The van der Waals surface area contributed by atoms with Gasteiger partial charge in [-0.25, -0.2) is 14.4 Å². The van der Waals surface area contributed by atoms with E-state index in [4.69, 9.17) is 0 Å². The Labute approximate surface area is 130 Å². The number of carbonyl (C=O) groups excluding carboxylic acids is 3. The zero-order valence-electron chi connectivity index (χ0n) is 12.7. The number of hydrogen-bond acceptors (Lipinski definition) is 9. The highest BCUT2D eigenvalue weighted by atomic mass is 16.6. The molecule has 0 saturated carbocycles. The number of ether oxygens (including phenoxy) is 3. The molecule has 3 amide bonds. The van der Waals surface area contributed by atoms with Crippen molar-refractivity contribution in [3.05, 3.63) is 0 Å². The van der Waals surface area contributed by atoms with Gasteiger partial charge in [0.15, 0.2) is 0 Å². The average Bonchev–Trinajstić information content (AvgIpc) is 2.47. The van der Waals surface area contributed by atoms with Gasteiger partial charge in [0.25, 0.3) is 0 Å². The molecule has 0 bridgehead atoms. The summed E-state index contributed by atoms with van der Waals surface area (Å²) in [5.74, 6) is -0.765. The minimum atomic E-state index is -0.847. The molecule has 0 aliphatic heterocycles. The Morgan fingerprint density at radius 1 is 0.783 bits per heavy atom. The average molecular weight is 328 g/mol. The van der Waals surface area contributed by atoms with Crippen LogP contribution in [-0.2, 0) is 14.2 Å². The van der Waals surface area contributed by atoms with Crippen molar-refractivity contribution in [2.75, 3.05) is 36.3 Å². The molecule has 12 heteroatoms. The summed E-state index contributed by atoms with van der Waals surface area (Å²) in [5.41, 5.74) is 0.